The van der Waals surface area contributed by atoms with Crippen LogP contribution in [0.25, 0.3) is 0 Å². The van der Waals surface area contributed by atoms with Crippen LogP contribution < -0.4 is 14.8 Å². The van der Waals surface area contributed by atoms with E-state index in [1.165, 1.54) is 7.11 Å². The second-order valence-corrected chi connectivity index (χ2v) is 5.55. The first-order valence-corrected chi connectivity index (χ1v) is 8.02. The number of hydrogen-bond acceptors (Lipinski definition) is 5. The van der Waals surface area contributed by atoms with Crippen LogP contribution in [0.5, 0.6) is 11.5 Å². The van der Waals surface area contributed by atoms with E-state index in [0.717, 1.165) is 6.42 Å². The van der Waals surface area contributed by atoms with Crippen molar-refractivity contribution in [3.63, 3.8) is 0 Å². The molecule has 130 valence electrons. The molecule has 0 aromatic heterocycles. The quantitative estimate of drug-likeness (QED) is 0.865. The van der Waals surface area contributed by atoms with Crippen molar-refractivity contribution in [3.05, 3.63) is 59.7 Å². The van der Waals surface area contributed by atoms with Gasteiger partial charge in [-0.3, -0.25) is 4.79 Å². The van der Waals surface area contributed by atoms with Crippen molar-refractivity contribution in [3.8, 4) is 11.5 Å². The number of amides is 1. The topological polar surface area (TPSA) is 73.9 Å². The minimum absolute atomic E-state index is 0.383. The summed E-state index contributed by atoms with van der Waals surface area (Å²) in [6.45, 7) is 1.11. The van der Waals surface area contributed by atoms with E-state index < -0.39 is 17.9 Å². The molecule has 0 saturated carbocycles. The Bertz CT molecular complexity index is 760. The average Bonchev–Trinajstić information content (AvgIpc) is 2.90. The molecule has 6 nitrogen and oxygen atoms in total. The molecule has 0 fully saturated rings. The van der Waals surface area contributed by atoms with Crippen LogP contribution in [0.15, 0.2) is 48.5 Å². The second-order valence-electron chi connectivity index (χ2n) is 5.55. The lowest BCUT2D eigenvalue weighted by Crippen LogP contribution is -2.34. The standard InChI is InChI=1S/C19H19NO5/c1-23-19(22)17(13-6-3-2-4-7-13)20-18(21)14-8-9-15-16(12-14)25-11-5-10-24-15/h2-4,6-9,12,17H,5,10-11H2,1H3,(H,20,21)/t17-/m0/s1. The summed E-state index contributed by atoms with van der Waals surface area (Å²) in [5.41, 5.74) is 1.03. The molecule has 1 atom stereocenters. The van der Waals surface area contributed by atoms with Crippen LogP contribution in [0.2, 0.25) is 0 Å². The highest BCUT2D eigenvalue weighted by Crippen LogP contribution is 2.30. The number of rotatable bonds is 4. The van der Waals surface area contributed by atoms with Gasteiger partial charge in [-0.2, -0.15) is 0 Å². The normalized spacial score (nSPS) is 14.1. The van der Waals surface area contributed by atoms with E-state index in [9.17, 15) is 9.59 Å². The molecule has 0 aliphatic carbocycles. The third kappa shape index (κ3) is 3.91. The van der Waals surface area contributed by atoms with Crippen molar-refractivity contribution >= 4 is 11.9 Å². The number of methoxy groups -OCH3 is 1. The Morgan fingerprint density at radius 2 is 1.76 bits per heavy atom. The van der Waals surface area contributed by atoms with E-state index in [0.29, 0.717) is 35.8 Å². The summed E-state index contributed by atoms with van der Waals surface area (Å²) in [5.74, 6) is 0.213. The van der Waals surface area contributed by atoms with Crippen LogP contribution >= 0.6 is 0 Å². The summed E-state index contributed by atoms with van der Waals surface area (Å²) in [4.78, 5) is 24.7. The van der Waals surface area contributed by atoms with E-state index in [1.807, 2.05) is 6.07 Å². The molecule has 3 rings (SSSR count). The molecule has 6 heteroatoms. The predicted octanol–water partition coefficient (Wildman–Crippen LogP) is 2.49. The number of carbonyl (C=O) groups is 2. The number of carbonyl (C=O) groups excluding carboxylic acids is 2. The summed E-state index contributed by atoms with van der Waals surface area (Å²) in [7, 11) is 1.29. The van der Waals surface area contributed by atoms with Gasteiger partial charge in [0, 0.05) is 12.0 Å². The number of benzene rings is 2. The van der Waals surface area contributed by atoms with Crippen molar-refractivity contribution in [2.24, 2.45) is 0 Å². The van der Waals surface area contributed by atoms with Gasteiger partial charge in [0.25, 0.3) is 5.91 Å². The van der Waals surface area contributed by atoms with E-state index >= 15 is 0 Å². The molecule has 1 heterocycles. The van der Waals surface area contributed by atoms with Gasteiger partial charge >= 0.3 is 5.97 Å². The molecule has 1 amide bonds. The summed E-state index contributed by atoms with van der Waals surface area (Å²) >= 11 is 0. The van der Waals surface area contributed by atoms with Gasteiger partial charge in [0.2, 0.25) is 0 Å². The van der Waals surface area contributed by atoms with Crippen molar-refractivity contribution in [2.45, 2.75) is 12.5 Å². The van der Waals surface area contributed by atoms with Crippen LogP contribution in [0, 0.1) is 0 Å². The van der Waals surface area contributed by atoms with Crippen LogP contribution in [-0.4, -0.2) is 32.2 Å². The molecule has 2 aromatic carbocycles. The van der Waals surface area contributed by atoms with Gasteiger partial charge in [-0.1, -0.05) is 30.3 Å². The Labute approximate surface area is 145 Å². The lowest BCUT2D eigenvalue weighted by atomic mass is 10.1. The fraction of sp³-hybridized carbons (Fsp3) is 0.263. The molecule has 1 N–H and O–H groups in total. The lowest BCUT2D eigenvalue weighted by molar-refractivity contribution is -0.143. The maximum Gasteiger partial charge on any atom is 0.333 e. The first-order chi connectivity index (χ1) is 12.2. The molecular formula is C19H19NO5. The highest BCUT2D eigenvalue weighted by Gasteiger charge is 2.24. The second kappa shape index (κ2) is 7.70. The Morgan fingerprint density at radius 1 is 1.04 bits per heavy atom. The third-order valence-corrected chi connectivity index (χ3v) is 3.85. The van der Waals surface area contributed by atoms with Gasteiger partial charge < -0.3 is 19.5 Å². The lowest BCUT2D eigenvalue weighted by Gasteiger charge is -2.17. The Balaban J connectivity index is 1.82. The van der Waals surface area contributed by atoms with E-state index in [2.05, 4.69) is 5.32 Å². The van der Waals surface area contributed by atoms with Gasteiger partial charge in [0.15, 0.2) is 17.5 Å². The van der Waals surface area contributed by atoms with Crippen LogP contribution in [0.1, 0.15) is 28.4 Å². The molecule has 0 spiro atoms. The molecule has 0 bridgehead atoms. The molecule has 2 aromatic rings. The maximum atomic E-state index is 12.6. The van der Waals surface area contributed by atoms with Gasteiger partial charge in [0.1, 0.15) is 0 Å². The number of fused-ring (bicyclic) bond motifs is 1. The summed E-state index contributed by atoms with van der Waals surface area (Å²) in [6.07, 6.45) is 0.786. The zero-order chi connectivity index (χ0) is 17.6. The summed E-state index contributed by atoms with van der Waals surface area (Å²) in [6, 6.07) is 13.0. The Morgan fingerprint density at radius 3 is 2.48 bits per heavy atom. The molecule has 0 radical (unpaired) electrons. The van der Waals surface area contributed by atoms with Crippen molar-refractivity contribution in [1.29, 1.82) is 0 Å². The van der Waals surface area contributed by atoms with Crippen LogP contribution in [0.3, 0.4) is 0 Å². The summed E-state index contributed by atoms with van der Waals surface area (Å²) in [5, 5.41) is 2.71. The van der Waals surface area contributed by atoms with Gasteiger partial charge in [-0.05, 0) is 23.8 Å². The zero-order valence-electron chi connectivity index (χ0n) is 13.9. The first kappa shape index (κ1) is 16.8. The molecule has 0 unspecified atom stereocenters. The highest BCUT2D eigenvalue weighted by molar-refractivity contribution is 5.97. The van der Waals surface area contributed by atoms with Crippen LogP contribution in [0.4, 0.5) is 0 Å². The monoisotopic (exact) mass is 341 g/mol. The average molecular weight is 341 g/mol. The number of hydrogen-bond donors (Lipinski definition) is 1. The number of ether oxygens (including phenoxy) is 3. The fourth-order valence-corrected chi connectivity index (χ4v) is 2.56. The minimum atomic E-state index is -0.880. The fourth-order valence-electron chi connectivity index (χ4n) is 2.56. The molecule has 25 heavy (non-hydrogen) atoms. The van der Waals surface area contributed by atoms with E-state index in [-0.39, 0.29) is 0 Å². The Kier molecular flexibility index (Phi) is 5.18. The van der Waals surface area contributed by atoms with E-state index in [1.54, 1.807) is 42.5 Å². The van der Waals surface area contributed by atoms with Crippen molar-refractivity contribution in [2.75, 3.05) is 20.3 Å². The smallest absolute Gasteiger partial charge is 0.333 e. The van der Waals surface area contributed by atoms with Gasteiger partial charge in [0.05, 0.1) is 20.3 Å². The molecule has 0 saturated heterocycles. The molecule has 1 aliphatic rings. The predicted molar refractivity (Wildman–Crippen MR) is 90.7 cm³/mol. The largest absolute Gasteiger partial charge is 0.490 e. The van der Waals surface area contributed by atoms with Gasteiger partial charge in [-0.15, -0.1) is 0 Å². The third-order valence-electron chi connectivity index (χ3n) is 3.85. The van der Waals surface area contributed by atoms with Crippen LogP contribution in [-0.2, 0) is 9.53 Å². The summed E-state index contributed by atoms with van der Waals surface area (Å²) < 4.78 is 16.0. The molecular weight excluding hydrogens is 322 g/mol. The highest BCUT2D eigenvalue weighted by atomic mass is 16.5. The van der Waals surface area contributed by atoms with E-state index in [4.69, 9.17) is 14.2 Å². The molecule has 1 aliphatic heterocycles. The maximum absolute atomic E-state index is 12.6. The SMILES string of the molecule is COC(=O)[C@@H](NC(=O)c1ccc2c(c1)OCCCO2)c1ccccc1. The Hall–Kier alpha value is -3.02. The first-order valence-electron chi connectivity index (χ1n) is 8.02. The zero-order valence-corrected chi connectivity index (χ0v) is 13.9. The minimum Gasteiger partial charge on any atom is -0.490 e. The number of esters is 1. The van der Waals surface area contributed by atoms with Crippen molar-refractivity contribution in [1.82, 2.24) is 5.32 Å². The van der Waals surface area contributed by atoms with Crippen molar-refractivity contribution < 1.29 is 23.8 Å². The number of nitrogens with one attached hydrogen (secondary N) is 1. The van der Waals surface area contributed by atoms with Gasteiger partial charge in [-0.25, -0.2) is 4.79 Å².